The molecule has 0 saturated carbocycles. The van der Waals surface area contributed by atoms with Crippen molar-refractivity contribution >= 4 is 23.0 Å². The average Bonchev–Trinajstić information content (AvgIpc) is 3.11. The quantitative estimate of drug-likeness (QED) is 0.738. The van der Waals surface area contributed by atoms with E-state index in [2.05, 4.69) is 29.3 Å². The molecule has 4 nitrogen and oxygen atoms in total. The van der Waals surface area contributed by atoms with E-state index < -0.39 is 0 Å². The van der Waals surface area contributed by atoms with Gasteiger partial charge in [-0.25, -0.2) is 4.99 Å². The molecule has 3 aromatic rings. The number of aromatic nitrogens is 2. The van der Waals surface area contributed by atoms with Crippen LogP contribution in [0.2, 0.25) is 0 Å². The first-order chi connectivity index (χ1) is 11.6. The lowest BCUT2D eigenvalue weighted by Gasteiger charge is -2.06. The number of allylic oxidation sites excluding steroid dienone is 1. The minimum Gasteiger partial charge on any atom is -0.302 e. The second-order valence-corrected chi connectivity index (χ2v) is 6.02. The average molecular weight is 315 g/mol. The molecule has 24 heavy (non-hydrogen) atoms. The summed E-state index contributed by atoms with van der Waals surface area (Å²) in [4.78, 5) is 16.9. The molecule has 0 amide bonds. The molecular weight excluding hydrogens is 298 g/mol. The molecule has 2 heterocycles. The molecule has 1 aliphatic rings. The highest BCUT2D eigenvalue weighted by molar-refractivity contribution is 6.39. The van der Waals surface area contributed by atoms with E-state index in [0.29, 0.717) is 5.56 Å². The van der Waals surface area contributed by atoms with Gasteiger partial charge in [0.05, 0.1) is 17.0 Å². The fraction of sp³-hybridized carbons (Fsp3) is 0.100. The summed E-state index contributed by atoms with van der Waals surface area (Å²) in [5, 5.41) is 5.51. The topological polar surface area (TPSA) is 61.0 Å². The van der Waals surface area contributed by atoms with Crippen molar-refractivity contribution in [3.8, 4) is 0 Å². The normalized spacial score (nSPS) is 14.8. The van der Waals surface area contributed by atoms with E-state index in [1.165, 1.54) is 5.56 Å². The summed E-state index contributed by atoms with van der Waals surface area (Å²) in [5.74, 6) is 0. The predicted octanol–water partition coefficient (Wildman–Crippen LogP) is 3.99. The molecule has 0 aliphatic carbocycles. The standard InChI is InChI=1S/C20H17N3O/c1-12-8-9-18-16(10-12)17(11-15-13(2)22-23-20(15)24)19(21-18)14-6-4-3-5-7-14/h3-11H,1-2H3,(H2,22,23,24)/b17-11+. The van der Waals surface area contributed by atoms with Gasteiger partial charge in [0, 0.05) is 22.4 Å². The molecule has 0 saturated heterocycles. The van der Waals surface area contributed by atoms with Crippen molar-refractivity contribution in [2.45, 2.75) is 13.8 Å². The van der Waals surface area contributed by atoms with Crippen LogP contribution in [0.1, 0.15) is 27.9 Å². The summed E-state index contributed by atoms with van der Waals surface area (Å²) < 4.78 is 0. The van der Waals surface area contributed by atoms with E-state index in [1.807, 2.05) is 49.4 Å². The SMILES string of the molecule is Cc1ccc2c(c1)/C(=C\c1c(C)[nH][nH]c1=O)C(c1ccccc1)=N2. The molecule has 1 aromatic heterocycles. The van der Waals surface area contributed by atoms with Gasteiger partial charge < -0.3 is 5.10 Å². The van der Waals surface area contributed by atoms with E-state index in [1.54, 1.807) is 0 Å². The third-order valence-electron chi connectivity index (χ3n) is 4.28. The number of benzene rings is 2. The Morgan fingerprint density at radius 2 is 1.79 bits per heavy atom. The van der Waals surface area contributed by atoms with Crippen molar-refractivity contribution in [2.75, 3.05) is 0 Å². The van der Waals surface area contributed by atoms with Gasteiger partial charge in [0.15, 0.2) is 0 Å². The van der Waals surface area contributed by atoms with E-state index in [-0.39, 0.29) is 5.56 Å². The Balaban J connectivity index is 1.96. The van der Waals surface area contributed by atoms with Gasteiger partial charge in [-0.05, 0) is 32.1 Å². The lowest BCUT2D eigenvalue weighted by Crippen LogP contribution is -2.05. The van der Waals surface area contributed by atoms with Crippen LogP contribution in [0.15, 0.2) is 58.3 Å². The monoisotopic (exact) mass is 315 g/mol. The first kappa shape index (κ1) is 14.5. The third-order valence-corrected chi connectivity index (χ3v) is 4.28. The van der Waals surface area contributed by atoms with Crippen molar-refractivity contribution in [3.63, 3.8) is 0 Å². The molecule has 4 rings (SSSR count). The number of aromatic amines is 2. The van der Waals surface area contributed by atoms with Crippen LogP contribution in [0.4, 0.5) is 5.69 Å². The molecule has 0 radical (unpaired) electrons. The zero-order chi connectivity index (χ0) is 16.7. The van der Waals surface area contributed by atoms with Crippen LogP contribution in [0, 0.1) is 13.8 Å². The van der Waals surface area contributed by atoms with Crippen molar-refractivity contribution in [1.82, 2.24) is 10.2 Å². The van der Waals surface area contributed by atoms with Crippen LogP contribution in [-0.4, -0.2) is 15.9 Å². The fourth-order valence-electron chi connectivity index (χ4n) is 3.01. The zero-order valence-corrected chi connectivity index (χ0v) is 13.6. The lowest BCUT2D eigenvalue weighted by atomic mass is 9.95. The van der Waals surface area contributed by atoms with Gasteiger partial charge >= 0.3 is 0 Å². The lowest BCUT2D eigenvalue weighted by molar-refractivity contribution is 1.02. The zero-order valence-electron chi connectivity index (χ0n) is 13.6. The number of aryl methyl sites for hydroxylation is 2. The summed E-state index contributed by atoms with van der Waals surface area (Å²) >= 11 is 0. The van der Waals surface area contributed by atoms with Crippen LogP contribution in [-0.2, 0) is 0 Å². The Bertz CT molecular complexity index is 1040. The Hall–Kier alpha value is -3.14. The number of aliphatic imine (C=N–C) groups is 1. The second kappa shape index (κ2) is 5.49. The molecule has 0 spiro atoms. The molecule has 4 heteroatoms. The highest BCUT2D eigenvalue weighted by Crippen LogP contribution is 2.38. The van der Waals surface area contributed by atoms with Crippen molar-refractivity contribution in [1.29, 1.82) is 0 Å². The highest BCUT2D eigenvalue weighted by Gasteiger charge is 2.23. The molecule has 0 bridgehead atoms. The summed E-state index contributed by atoms with van der Waals surface area (Å²) in [5.41, 5.74) is 7.44. The van der Waals surface area contributed by atoms with E-state index in [9.17, 15) is 4.79 Å². The number of H-pyrrole nitrogens is 2. The Morgan fingerprint density at radius 1 is 1.00 bits per heavy atom. The highest BCUT2D eigenvalue weighted by atomic mass is 16.1. The Kier molecular flexibility index (Phi) is 3.31. The number of fused-ring (bicyclic) bond motifs is 1. The first-order valence-electron chi connectivity index (χ1n) is 7.88. The Labute approximate surface area is 139 Å². The van der Waals surface area contributed by atoms with Crippen LogP contribution in [0.25, 0.3) is 11.6 Å². The van der Waals surface area contributed by atoms with Crippen LogP contribution in [0.5, 0.6) is 0 Å². The van der Waals surface area contributed by atoms with Crippen molar-refractivity contribution in [2.24, 2.45) is 4.99 Å². The third kappa shape index (κ3) is 2.33. The first-order valence-corrected chi connectivity index (χ1v) is 7.88. The fourth-order valence-corrected chi connectivity index (χ4v) is 3.01. The van der Waals surface area contributed by atoms with Gasteiger partial charge in [0.25, 0.3) is 5.56 Å². The van der Waals surface area contributed by atoms with E-state index >= 15 is 0 Å². The van der Waals surface area contributed by atoms with Gasteiger partial charge in [-0.3, -0.25) is 9.89 Å². The molecule has 0 unspecified atom stereocenters. The van der Waals surface area contributed by atoms with E-state index in [4.69, 9.17) is 4.99 Å². The van der Waals surface area contributed by atoms with Crippen molar-refractivity contribution < 1.29 is 0 Å². The molecule has 0 atom stereocenters. The van der Waals surface area contributed by atoms with Gasteiger partial charge in [0.1, 0.15) is 0 Å². The molecule has 2 aromatic carbocycles. The Morgan fingerprint density at radius 3 is 2.50 bits per heavy atom. The number of rotatable bonds is 2. The minimum atomic E-state index is -0.117. The maximum absolute atomic E-state index is 12.1. The summed E-state index contributed by atoms with van der Waals surface area (Å²) in [6.45, 7) is 3.95. The molecular formula is C20H17N3O. The van der Waals surface area contributed by atoms with Gasteiger partial charge in [-0.15, -0.1) is 0 Å². The van der Waals surface area contributed by atoms with Crippen LogP contribution < -0.4 is 5.56 Å². The van der Waals surface area contributed by atoms with Crippen LogP contribution in [0.3, 0.4) is 0 Å². The minimum absolute atomic E-state index is 0.117. The summed E-state index contributed by atoms with van der Waals surface area (Å²) in [7, 11) is 0. The number of hydrogen-bond acceptors (Lipinski definition) is 2. The van der Waals surface area contributed by atoms with Gasteiger partial charge in [-0.2, -0.15) is 0 Å². The van der Waals surface area contributed by atoms with Crippen LogP contribution >= 0.6 is 0 Å². The van der Waals surface area contributed by atoms with Crippen molar-refractivity contribution in [3.05, 3.63) is 86.8 Å². The number of nitrogens with zero attached hydrogens (tertiary/aromatic N) is 1. The number of nitrogens with one attached hydrogen (secondary N) is 2. The van der Waals surface area contributed by atoms with E-state index in [0.717, 1.165) is 33.8 Å². The maximum atomic E-state index is 12.1. The summed E-state index contributed by atoms with van der Waals surface area (Å²) in [6, 6.07) is 16.3. The molecule has 2 N–H and O–H groups in total. The number of hydrogen-bond donors (Lipinski definition) is 2. The molecule has 0 fully saturated rings. The smallest absolute Gasteiger partial charge is 0.271 e. The molecule has 1 aliphatic heterocycles. The maximum Gasteiger partial charge on any atom is 0.271 e. The second-order valence-electron chi connectivity index (χ2n) is 6.02. The van der Waals surface area contributed by atoms with Gasteiger partial charge in [0.2, 0.25) is 0 Å². The molecule has 118 valence electrons. The predicted molar refractivity (Wildman–Crippen MR) is 97.8 cm³/mol. The van der Waals surface area contributed by atoms with Gasteiger partial charge in [-0.1, -0.05) is 42.0 Å². The summed E-state index contributed by atoms with van der Waals surface area (Å²) in [6.07, 6.45) is 1.93. The largest absolute Gasteiger partial charge is 0.302 e.